The molecular formula is C21H24N4O4. The Bertz CT molecular complexity index is 900. The second kappa shape index (κ2) is 9.24. The maximum absolute atomic E-state index is 12.1. The van der Waals surface area contributed by atoms with Gasteiger partial charge in [0.25, 0.3) is 0 Å². The van der Waals surface area contributed by atoms with Crippen molar-refractivity contribution in [2.45, 2.75) is 32.3 Å². The predicted octanol–water partition coefficient (Wildman–Crippen LogP) is 2.69. The molecule has 0 spiro atoms. The third kappa shape index (κ3) is 4.74. The summed E-state index contributed by atoms with van der Waals surface area (Å²) < 4.78 is 15.9. The van der Waals surface area contributed by atoms with E-state index in [9.17, 15) is 4.79 Å². The number of ether oxygens (including phenoxy) is 3. The Balaban J connectivity index is 1.69. The number of hydrogen-bond donors (Lipinski definition) is 0. The molecule has 0 aliphatic carbocycles. The van der Waals surface area contributed by atoms with Crippen LogP contribution in [0.2, 0.25) is 0 Å². The number of nitriles is 1. The average molecular weight is 396 g/mol. The van der Waals surface area contributed by atoms with E-state index in [0.29, 0.717) is 17.2 Å². The van der Waals surface area contributed by atoms with Gasteiger partial charge in [-0.3, -0.25) is 0 Å². The maximum atomic E-state index is 12.1. The highest BCUT2D eigenvalue weighted by molar-refractivity contribution is 5.89. The van der Waals surface area contributed by atoms with Crippen molar-refractivity contribution in [3.63, 3.8) is 0 Å². The van der Waals surface area contributed by atoms with Crippen molar-refractivity contribution in [1.82, 2.24) is 9.97 Å². The highest BCUT2D eigenvalue weighted by Gasteiger charge is 2.25. The number of aromatic nitrogens is 2. The summed E-state index contributed by atoms with van der Waals surface area (Å²) in [6.45, 7) is 3.44. The largest absolute Gasteiger partial charge is 0.489 e. The number of pyridine rings is 2. The molecule has 0 N–H and O–H groups in total. The second-order valence-electron chi connectivity index (χ2n) is 6.80. The summed E-state index contributed by atoms with van der Waals surface area (Å²) in [5, 5.41) is 9.02. The molecule has 0 aromatic carbocycles. The molecule has 3 heterocycles. The van der Waals surface area contributed by atoms with Gasteiger partial charge in [0, 0.05) is 32.0 Å². The lowest BCUT2D eigenvalue weighted by Crippen LogP contribution is -2.39. The van der Waals surface area contributed by atoms with Crippen LogP contribution >= 0.6 is 0 Å². The molecule has 0 radical (unpaired) electrons. The molecular weight excluding hydrogens is 372 g/mol. The number of aryl methyl sites for hydroxylation is 1. The van der Waals surface area contributed by atoms with Crippen LogP contribution in [0.3, 0.4) is 0 Å². The van der Waals surface area contributed by atoms with Crippen LogP contribution in [-0.2, 0) is 11.2 Å². The quantitative estimate of drug-likeness (QED) is 0.688. The first-order valence-electron chi connectivity index (χ1n) is 9.43. The van der Waals surface area contributed by atoms with E-state index in [1.807, 2.05) is 19.1 Å². The Labute approximate surface area is 170 Å². The highest BCUT2D eigenvalue weighted by Crippen LogP contribution is 2.27. The summed E-state index contributed by atoms with van der Waals surface area (Å²) in [4.78, 5) is 23.0. The summed E-state index contributed by atoms with van der Waals surface area (Å²) in [5.74, 6) is 1.49. The van der Waals surface area contributed by atoms with Crippen molar-refractivity contribution in [1.29, 1.82) is 5.26 Å². The summed E-state index contributed by atoms with van der Waals surface area (Å²) in [7, 11) is 2.89. The van der Waals surface area contributed by atoms with E-state index in [0.717, 1.165) is 37.3 Å². The van der Waals surface area contributed by atoms with Crippen LogP contribution in [0.4, 0.5) is 5.82 Å². The number of methoxy groups -OCH3 is 2. The van der Waals surface area contributed by atoms with Crippen molar-refractivity contribution in [3.05, 3.63) is 41.2 Å². The minimum Gasteiger partial charge on any atom is -0.489 e. The number of anilines is 1. The zero-order valence-corrected chi connectivity index (χ0v) is 16.8. The molecule has 8 nitrogen and oxygen atoms in total. The van der Waals surface area contributed by atoms with Gasteiger partial charge in [-0.05, 0) is 30.2 Å². The second-order valence-corrected chi connectivity index (χ2v) is 6.80. The zero-order chi connectivity index (χ0) is 20.8. The van der Waals surface area contributed by atoms with Crippen molar-refractivity contribution in [3.8, 4) is 17.7 Å². The Kier molecular flexibility index (Phi) is 6.50. The van der Waals surface area contributed by atoms with Gasteiger partial charge in [0.05, 0.1) is 32.9 Å². The Morgan fingerprint density at radius 3 is 2.66 bits per heavy atom. The van der Waals surface area contributed by atoms with E-state index >= 15 is 0 Å². The van der Waals surface area contributed by atoms with Gasteiger partial charge in [-0.2, -0.15) is 5.26 Å². The van der Waals surface area contributed by atoms with Gasteiger partial charge < -0.3 is 19.1 Å². The third-order valence-electron chi connectivity index (χ3n) is 4.88. The minimum absolute atomic E-state index is 0.0830. The smallest absolute Gasteiger partial charge is 0.357 e. The predicted molar refractivity (Wildman–Crippen MR) is 106 cm³/mol. The van der Waals surface area contributed by atoms with Gasteiger partial charge in [0.1, 0.15) is 17.7 Å². The van der Waals surface area contributed by atoms with Crippen LogP contribution in [0.25, 0.3) is 0 Å². The molecule has 3 rings (SSSR count). The fraction of sp³-hybridized carbons (Fsp3) is 0.429. The molecule has 1 fully saturated rings. The Morgan fingerprint density at radius 1 is 1.31 bits per heavy atom. The summed E-state index contributed by atoms with van der Waals surface area (Å²) in [5.41, 5.74) is 1.73. The van der Waals surface area contributed by atoms with Crippen molar-refractivity contribution in [2.24, 2.45) is 0 Å². The molecule has 0 bridgehead atoms. The van der Waals surface area contributed by atoms with Crippen LogP contribution in [0.15, 0.2) is 24.4 Å². The molecule has 152 valence electrons. The lowest BCUT2D eigenvalue weighted by Gasteiger charge is -2.34. The van der Waals surface area contributed by atoms with Crippen LogP contribution in [0.1, 0.15) is 34.5 Å². The molecule has 0 unspecified atom stereocenters. The van der Waals surface area contributed by atoms with E-state index in [4.69, 9.17) is 19.5 Å². The standard InChI is InChI=1S/C21H24N4O4/c1-14-12-15(6-9-22)19(21(26)28-3)24-20(14)25-10-7-16(8-11-25)29-17-4-5-18(27-2)23-13-17/h4-5,12-13,16H,6-8,10-11H2,1-3H3. The summed E-state index contributed by atoms with van der Waals surface area (Å²) in [6, 6.07) is 7.55. The monoisotopic (exact) mass is 396 g/mol. The molecule has 1 aliphatic rings. The lowest BCUT2D eigenvalue weighted by molar-refractivity contribution is 0.0593. The van der Waals surface area contributed by atoms with Crippen molar-refractivity contribution >= 4 is 11.8 Å². The number of hydrogen-bond acceptors (Lipinski definition) is 8. The highest BCUT2D eigenvalue weighted by atomic mass is 16.5. The van der Waals surface area contributed by atoms with Crippen molar-refractivity contribution in [2.75, 3.05) is 32.2 Å². The SMILES string of the molecule is COC(=O)c1nc(N2CCC(Oc3ccc(OC)nc3)CC2)c(C)cc1CC#N. The summed E-state index contributed by atoms with van der Waals surface area (Å²) in [6.07, 6.45) is 3.50. The van der Waals surface area contributed by atoms with Gasteiger partial charge >= 0.3 is 5.97 Å². The number of nitrogens with zero attached hydrogens (tertiary/aromatic N) is 4. The minimum atomic E-state index is -0.526. The normalized spacial score (nSPS) is 14.2. The van der Waals surface area contributed by atoms with Gasteiger partial charge in [-0.1, -0.05) is 0 Å². The van der Waals surface area contributed by atoms with Crippen LogP contribution < -0.4 is 14.4 Å². The number of carbonyl (C=O) groups excluding carboxylic acids is 1. The van der Waals surface area contributed by atoms with Crippen LogP contribution in [0.5, 0.6) is 11.6 Å². The maximum Gasteiger partial charge on any atom is 0.357 e. The van der Waals surface area contributed by atoms with E-state index in [1.54, 1.807) is 19.4 Å². The first-order chi connectivity index (χ1) is 14.0. The molecule has 8 heteroatoms. The van der Waals surface area contributed by atoms with Crippen LogP contribution in [-0.4, -0.2) is 49.4 Å². The Morgan fingerprint density at radius 2 is 2.07 bits per heavy atom. The number of carbonyl (C=O) groups is 1. The first-order valence-corrected chi connectivity index (χ1v) is 9.43. The Hall–Kier alpha value is -3.34. The van der Waals surface area contributed by atoms with Gasteiger partial charge in [0.15, 0.2) is 5.69 Å². The van der Waals surface area contributed by atoms with E-state index in [2.05, 4.69) is 20.9 Å². The van der Waals surface area contributed by atoms with E-state index in [1.165, 1.54) is 7.11 Å². The molecule has 0 saturated carbocycles. The van der Waals surface area contributed by atoms with E-state index in [-0.39, 0.29) is 18.2 Å². The van der Waals surface area contributed by atoms with Gasteiger partial charge in [-0.15, -0.1) is 0 Å². The van der Waals surface area contributed by atoms with E-state index < -0.39 is 5.97 Å². The topological polar surface area (TPSA) is 97.6 Å². The summed E-state index contributed by atoms with van der Waals surface area (Å²) >= 11 is 0. The molecule has 1 aliphatic heterocycles. The first kappa shape index (κ1) is 20.4. The molecule has 2 aromatic rings. The number of piperidine rings is 1. The average Bonchev–Trinajstić information content (AvgIpc) is 2.75. The molecule has 29 heavy (non-hydrogen) atoms. The third-order valence-corrected chi connectivity index (χ3v) is 4.88. The number of esters is 1. The molecule has 2 aromatic heterocycles. The van der Waals surface area contributed by atoms with Crippen molar-refractivity contribution < 1.29 is 19.0 Å². The fourth-order valence-electron chi connectivity index (χ4n) is 3.41. The fourth-order valence-corrected chi connectivity index (χ4v) is 3.41. The van der Waals surface area contributed by atoms with Gasteiger partial charge in [-0.25, -0.2) is 14.8 Å². The molecule has 0 atom stereocenters. The lowest BCUT2D eigenvalue weighted by atomic mass is 10.0. The van der Waals surface area contributed by atoms with Gasteiger partial charge in [0.2, 0.25) is 5.88 Å². The van der Waals surface area contributed by atoms with Crippen LogP contribution in [0, 0.1) is 18.3 Å². The number of rotatable bonds is 6. The molecule has 1 saturated heterocycles. The molecule has 0 amide bonds. The zero-order valence-electron chi connectivity index (χ0n) is 16.8.